The van der Waals surface area contributed by atoms with Crippen LogP contribution in [0.3, 0.4) is 0 Å². The first-order valence-corrected chi connectivity index (χ1v) is 3.24. The fraction of sp³-hybridized carbons (Fsp3) is 0. The van der Waals surface area contributed by atoms with E-state index < -0.39 is 12.6 Å². The van der Waals surface area contributed by atoms with Crippen molar-refractivity contribution in [2.24, 2.45) is 0 Å². The minimum atomic E-state index is -5.00. The predicted octanol–water partition coefficient (Wildman–Crippen LogP) is 2.10. The van der Waals surface area contributed by atoms with Crippen LogP contribution in [0, 0.1) is 0 Å². The van der Waals surface area contributed by atoms with E-state index in [0.717, 1.165) is 6.26 Å². The van der Waals surface area contributed by atoms with Crippen molar-refractivity contribution < 1.29 is 17.4 Å². The molecule has 0 spiro atoms. The molecule has 1 nitrogen and oxygen atoms in total. The topological polar surface area (TPSA) is 13.1 Å². The molecule has 0 saturated heterocycles. The first-order chi connectivity index (χ1) is 4.52. The van der Waals surface area contributed by atoms with E-state index in [1.807, 2.05) is 0 Å². The number of halogens is 4. The summed E-state index contributed by atoms with van der Waals surface area (Å²) < 4.78 is 39.6. The highest BCUT2D eigenvalue weighted by molar-refractivity contribution is 9.10. The van der Waals surface area contributed by atoms with Gasteiger partial charge in [-0.05, 0) is 6.07 Å². The van der Waals surface area contributed by atoms with Crippen molar-refractivity contribution in [3.05, 3.63) is 16.8 Å². The zero-order valence-corrected chi connectivity index (χ0v) is 6.24. The SMILES string of the molecule is F[B-](F)(F)c1occc1Br. The summed E-state index contributed by atoms with van der Waals surface area (Å²) >= 11 is 2.70. The Labute approximate surface area is 63.4 Å². The third-order valence-corrected chi connectivity index (χ3v) is 1.60. The molecule has 0 bridgehead atoms. The van der Waals surface area contributed by atoms with Crippen molar-refractivity contribution in [3.8, 4) is 0 Å². The second kappa shape index (κ2) is 2.34. The Morgan fingerprint density at radius 2 is 2.00 bits per heavy atom. The average molecular weight is 214 g/mol. The van der Waals surface area contributed by atoms with Gasteiger partial charge in [-0.1, -0.05) is 15.9 Å². The van der Waals surface area contributed by atoms with Gasteiger partial charge in [-0.15, -0.1) is 0 Å². The van der Waals surface area contributed by atoms with Crippen LogP contribution < -0.4 is 5.66 Å². The molecule has 0 radical (unpaired) electrons. The summed E-state index contributed by atoms with van der Waals surface area (Å²) in [7, 11) is 0. The number of hydrogen-bond donors (Lipinski definition) is 0. The number of rotatable bonds is 1. The normalized spacial score (nSPS) is 12.0. The molecule has 0 fully saturated rings. The molecule has 56 valence electrons. The quantitative estimate of drug-likeness (QED) is 0.652. The van der Waals surface area contributed by atoms with Gasteiger partial charge in [-0.3, -0.25) is 0 Å². The monoisotopic (exact) mass is 213 g/mol. The number of furan rings is 1. The fourth-order valence-electron chi connectivity index (χ4n) is 0.539. The van der Waals surface area contributed by atoms with Crippen LogP contribution in [0.1, 0.15) is 0 Å². The lowest BCUT2D eigenvalue weighted by molar-refractivity contribution is 0.464. The molecule has 0 amide bonds. The van der Waals surface area contributed by atoms with Crippen LogP contribution in [-0.4, -0.2) is 6.98 Å². The molecule has 1 heterocycles. The van der Waals surface area contributed by atoms with Crippen LogP contribution in [0.25, 0.3) is 0 Å². The maximum Gasteiger partial charge on any atom is 0.545 e. The Hall–Kier alpha value is -0.385. The van der Waals surface area contributed by atoms with Crippen LogP contribution in [0.2, 0.25) is 0 Å². The molecule has 0 aromatic carbocycles. The molecule has 0 atom stereocenters. The lowest BCUT2D eigenvalue weighted by Gasteiger charge is -2.10. The summed E-state index contributed by atoms with van der Waals surface area (Å²) in [6.07, 6.45) is 0.995. The second-order valence-electron chi connectivity index (χ2n) is 1.71. The van der Waals surface area contributed by atoms with Crippen molar-refractivity contribution in [3.63, 3.8) is 0 Å². The molecule has 0 aliphatic carbocycles. The molecule has 10 heavy (non-hydrogen) atoms. The van der Waals surface area contributed by atoms with Gasteiger partial charge in [0.2, 0.25) is 0 Å². The smallest absolute Gasteiger partial charge is 0.500 e. The van der Waals surface area contributed by atoms with E-state index in [0.29, 0.717) is 0 Å². The van der Waals surface area contributed by atoms with Gasteiger partial charge >= 0.3 is 6.98 Å². The van der Waals surface area contributed by atoms with Gasteiger partial charge in [0.1, 0.15) is 0 Å². The third-order valence-electron chi connectivity index (χ3n) is 0.942. The van der Waals surface area contributed by atoms with Gasteiger partial charge < -0.3 is 17.4 Å². The van der Waals surface area contributed by atoms with Gasteiger partial charge in [0, 0.05) is 4.47 Å². The van der Waals surface area contributed by atoms with E-state index in [4.69, 9.17) is 0 Å². The van der Waals surface area contributed by atoms with Crippen molar-refractivity contribution >= 4 is 28.6 Å². The molecule has 0 unspecified atom stereocenters. The Kier molecular flexibility index (Phi) is 1.81. The van der Waals surface area contributed by atoms with Gasteiger partial charge in [0.05, 0.1) is 11.9 Å². The Morgan fingerprint density at radius 1 is 1.40 bits per heavy atom. The summed E-state index contributed by atoms with van der Waals surface area (Å²) in [4.78, 5) is 0. The van der Waals surface area contributed by atoms with E-state index in [1.165, 1.54) is 6.07 Å². The minimum Gasteiger partial charge on any atom is -0.500 e. The zero-order chi connectivity index (χ0) is 7.78. The highest BCUT2D eigenvalue weighted by Crippen LogP contribution is 2.16. The summed E-state index contributed by atoms with van der Waals surface area (Å²) in [5, 5.41) is 0. The third kappa shape index (κ3) is 1.37. The van der Waals surface area contributed by atoms with Gasteiger partial charge in [0.25, 0.3) is 0 Å². The fourth-order valence-corrected chi connectivity index (χ4v) is 1.000. The lowest BCUT2D eigenvalue weighted by atomic mass is 9.88. The van der Waals surface area contributed by atoms with Gasteiger partial charge in [0.15, 0.2) is 0 Å². The first kappa shape index (κ1) is 7.72. The van der Waals surface area contributed by atoms with E-state index in [1.54, 1.807) is 0 Å². The molecule has 1 rings (SSSR count). The van der Waals surface area contributed by atoms with Crippen molar-refractivity contribution in [1.29, 1.82) is 0 Å². The summed E-state index contributed by atoms with van der Waals surface area (Å²) in [5.41, 5.74) is -0.931. The van der Waals surface area contributed by atoms with Gasteiger partial charge in [-0.25, -0.2) is 0 Å². The molecule has 0 saturated carbocycles. The molecular weight excluding hydrogens is 212 g/mol. The molecule has 6 heteroatoms. The second-order valence-corrected chi connectivity index (χ2v) is 2.56. The summed E-state index contributed by atoms with van der Waals surface area (Å²) in [6, 6.07) is 1.21. The van der Waals surface area contributed by atoms with Crippen LogP contribution in [0.5, 0.6) is 0 Å². The minimum absolute atomic E-state index is 0.0417. The Bertz CT molecular complexity index is 231. The first-order valence-electron chi connectivity index (χ1n) is 2.44. The van der Waals surface area contributed by atoms with Crippen molar-refractivity contribution in [1.82, 2.24) is 0 Å². The van der Waals surface area contributed by atoms with E-state index >= 15 is 0 Å². The van der Waals surface area contributed by atoms with E-state index in [2.05, 4.69) is 20.3 Å². The molecular formula is C4H2BBrF3O-. The Balaban J connectivity index is 3.05. The number of hydrogen-bond acceptors (Lipinski definition) is 1. The largest absolute Gasteiger partial charge is 0.545 e. The molecule has 1 aromatic rings. The van der Waals surface area contributed by atoms with E-state index in [9.17, 15) is 12.9 Å². The maximum atomic E-state index is 11.8. The maximum absolute atomic E-state index is 11.8. The van der Waals surface area contributed by atoms with E-state index in [-0.39, 0.29) is 4.47 Å². The Morgan fingerprint density at radius 3 is 2.20 bits per heavy atom. The standard InChI is InChI=1S/C4H2BBrF3O/c6-3-1-2-10-4(3)5(7,8)9/h1-2H/q-1. The predicted molar refractivity (Wildman–Crippen MR) is 35.1 cm³/mol. The van der Waals surface area contributed by atoms with Crippen LogP contribution in [-0.2, 0) is 0 Å². The molecule has 0 aliphatic rings. The average Bonchev–Trinajstić information content (AvgIpc) is 2.11. The molecule has 1 aromatic heterocycles. The molecule has 0 N–H and O–H groups in total. The molecule has 0 aliphatic heterocycles. The highest BCUT2D eigenvalue weighted by Gasteiger charge is 2.31. The summed E-state index contributed by atoms with van der Waals surface area (Å²) in [5.74, 6) is 0. The van der Waals surface area contributed by atoms with Gasteiger partial charge in [-0.2, -0.15) is 0 Å². The highest BCUT2D eigenvalue weighted by atomic mass is 79.9. The van der Waals surface area contributed by atoms with Crippen LogP contribution >= 0.6 is 15.9 Å². The van der Waals surface area contributed by atoms with Crippen LogP contribution in [0.4, 0.5) is 12.9 Å². The van der Waals surface area contributed by atoms with Crippen molar-refractivity contribution in [2.45, 2.75) is 0 Å². The lowest BCUT2D eigenvalue weighted by Crippen LogP contribution is -2.33. The van der Waals surface area contributed by atoms with Crippen LogP contribution in [0.15, 0.2) is 21.2 Å². The summed E-state index contributed by atoms with van der Waals surface area (Å²) in [6.45, 7) is -5.00. The zero-order valence-electron chi connectivity index (χ0n) is 4.65. The van der Waals surface area contributed by atoms with Crippen molar-refractivity contribution in [2.75, 3.05) is 0 Å².